The highest BCUT2D eigenvalue weighted by Crippen LogP contribution is 2.30. The van der Waals surface area contributed by atoms with Crippen molar-refractivity contribution in [1.82, 2.24) is 5.32 Å². The van der Waals surface area contributed by atoms with Gasteiger partial charge in [0.2, 0.25) is 0 Å². The number of aliphatic hydroxyl groups is 1. The summed E-state index contributed by atoms with van der Waals surface area (Å²) in [7, 11) is 0. The summed E-state index contributed by atoms with van der Waals surface area (Å²) in [5.74, 6) is 0.469. The summed E-state index contributed by atoms with van der Waals surface area (Å²) in [6.45, 7) is 2.06. The molecule has 0 aliphatic heterocycles. The maximum Gasteiger partial charge on any atom is 0.401 e. The van der Waals surface area contributed by atoms with Crippen molar-refractivity contribution in [2.45, 2.75) is 25.6 Å². The maximum absolute atomic E-state index is 12.3. The third kappa shape index (κ3) is 4.40. The van der Waals surface area contributed by atoms with Gasteiger partial charge in [-0.15, -0.1) is 0 Å². The second-order valence-electron chi connectivity index (χ2n) is 4.39. The Morgan fingerprint density at radius 3 is 2.42 bits per heavy atom. The van der Waals surface area contributed by atoms with Crippen molar-refractivity contribution in [2.24, 2.45) is 0 Å². The van der Waals surface area contributed by atoms with E-state index in [0.29, 0.717) is 17.9 Å². The van der Waals surface area contributed by atoms with E-state index in [4.69, 9.17) is 4.74 Å². The van der Waals surface area contributed by atoms with Crippen molar-refractivity contribution >= 4 is 0 Å². The van der Waals surface area contributed by atoms with Crippen LogP contribution in [0.4, 0.5) is 13.2 Å². The minimum absolute atomic E-state index is 0.401. The van der Waals surface area contributed by atoms with Gasteiger partial charge in [0.1, 0.15) is 5.75 Å². The van der Waals surface area contributed by atoms with Crippen LogP contribution in [0, 0.1) is 0 Å². The average molecular weight is 277 g/mol. The molecule has 0 spiro atoms. The van der Waals surface area contributed by atoms with E-state index >= 15 is 0 Å². The molecule has 0 saturated carbocycles. The summed E-state index contributed by atoms with van der Waals surface area (Å²) in [6, 6.07) is 6.74. The highest BCUT2D eigenvalue weighted by molar-refractivity contribution is 5.39. The highest BCUT2D eigenvalue weighted by atomic mass is 19.4. The number of nitrogens with one attached hydrogen (secondary N) is 1. The number of alkyl halides is 3. The number of hydrogen-bond acceptors (Lipinski definition) is 3. The van der Waals surface area contributed by atoms with Crippen molar-refractivity contribution < 1.29 is 23.0 Å². The minimum Gasteiger partial charge on any atom is -0.494 e. The molecule has 0 aliphatic rings. The smallest absolute Gasteiger partial charge is 0.401 e. The predicted molar refractivity (Wildman–Crippen MR) is 66.1 cm³/mol. The third-order valence-corrected chi connectivity index (χ3v) is 2.78. The van der Waals surface area contributed by atoms with E-state index in [2.05, 4.69) is 5.32 Å². The van der Waals surface area contributed by atoms with Crippen LogP contribution in [0.1, 0.15) is 19.4 Å². The molecule has 0 amide bonds. The zero-order chi connectivity index (χ0) is 14.5. The molecular formula is C13H18F3NO2. The van der Waals surface area contributed by atoms with E-state index < -0.39 is 24.9 Å². The zero-order valence-corrected chi connectivity index (χ0v) is 10.9. The van der Waals surface area contributed by atoms with E-state index in [9.17, 15) is 18.3 Å². The van der Waals surface area contributed by atoms with Gasteiger partial charge in [-0.1, -0.05) is 18.2 Å². The molecule has 0 aliphatic carbocycles. The molecule has 0 aromatic heterocycles. The quantitative estimate of drug-likeness (QED) is 0.839. The molecule has 0 heterocycles. The lowest BCUT2D eigenvalue weighted by molar-refractivity contribution is -0.129. The molecule has 6 heteroatoms. The largest absolute Gasteiger partial charge is 0.494 e. The Kier molecular flexibility index (Phi) is 5.20. The van der Waals surface area contributed by atoms with E-state index in [-0.39, 0.29) is 0 Å². The van der Waals surface area contributed by atoms with Gasteiger partial charge in [0.15, 0.2) is 0 Å². The van der Waals surface area contributed by atoms with Gasteiger partial charge in [-0.05, 0) is 19.9 Å². The zero-order valence-electron chi connectivity index (χ0n) is 10.9. The van der Waals surface area contributed by atoms with Crippen LogP contribution in [0.5, 0.6) is 5.75 Å². The summed E-state index contributed by atoms with van der Waals surface area (Å²) >= 11 is 0. The lowest BCUT2D eigenvalue weighted by Crippen LogP contribution is -2.47. The molecule has 2 N–H and O–H groups in total. The SMILES string of the molecule is CCOc1ccccc1C(C)(CO)NCC(F)(F)F. The predicted octanol–water partition coefficient (Wildman–Crippen LogP) is 2.44. The molecule has 1 rings (SSSR count). The van der Waals surface area contributed by atoms with Gasteiger partial charge in [-0.3, -0.25) is 5.32 Å². The molecule has 108 valence electrons. The average Bonchev–Trinajstić information content (AvgIpc) is 2.36. The maximum atomic E-state index is 12.3. The van der Waals surface area contributed by atoms with Gasteiger partial charge in [0.05, 0.1) is 25.3 Å². The van der Waals surface area contributed by atoms with Crippen molar-refractivity contribution in [2.75, 3.05) is 19.8 Å². The number of rotatable bonds is 6. The Morgan fingerprint density at radius 2 is 1.89 bits per heavy atom. The first-order chi connectivity index (χ1) is 8.82. The van der Waals surface area contributed by atoms with E-state index in [1.54, 1.807) is 31.2 Å². The number of benzene rings is 1. The van der Waals surface area contributed by atoms with Crippen molar-refractivity contribution in [3.05, 3.63) is 29.8 Å². The normalized spacial score (nSPS) is 15.1. The lowest BCUT2D eigenvalue weighted by atomic mass is 9.92. The van der Waals surface area contributed by atoms with Crippen LogP contribution in [0.25, 0.3) is 0 Å². The van der Waals surface area contributed by atoms with Crippen LogP contribution in [0.2, 0.25) is 0 Å². The van der Waals surface area contributed by atoms with Gasteiger partial charge in [-0.25, -0.2) is 0 Å². The first-order valence-electron chi connectivity index (χ1n) is 5.97. The van der Waals surface area contributed by atoms with E-state index in [0.717, 1.165) is 0 Å². The van der Waals surface area contributed by atoms with E-state index in [1.165, 1.54) is 6.92 Å². The fourth-order valence-electron chi connectivity index (χ4n) is 1.74. The lowest BCUT2D eigenvalue weighted by Gasteiger charge is -2.31. The van der Waals surface area contributed by atoms with Crippen LogP contribution >= 0.6 is 0 Å². The third-order valence-electron chi connectivity index (χ3n) is 2.78. The summed E-state index contributed by atoms with van der Waals surface area (Å²) in [4.78, 5) is 0. The Balaban J connectivity index is 3.00. The minimum atomic E-state index is -4.34. The summed E-state index contributed by atoms with van der Waals surface area (Å²) < 4.78 is 42.3. The van der Waals surface area contributed by atoms with E-state index in [1.807, 2.05) is 0 Å². The molecule has 0 saturated heterocycles. The molecule has 3 nitrogen and oxygen atoms in total. The number of aliphatic hydroxyl groups excluding tert-OH is 1. The number of hydrogen-bond donors (Lipinski definition) is 2. The second kappa shape index (κ2) is 6.25. The van der Waals surface area contributed by atoms with Crippen LogP contribution in [-0.2, 0) is 5.54 Å². The van der Waals surface area contributed by atoms with Gasteiger partial charge < -0.3 is 9.84 Å². The van der Waals surface area contributed by atoms with Crippen LogP contribution < -0.4 is 10.1 Å². The van der Waals surface area contributed by atoms with Gasteiger partial charge in [0, 0.05) is 5.56 Å². The second-order valence-corrected chi connectivity index (χ2v) is 4.39. The first-order valence-corrected chi connectivity index (χ1v) is 5.97. The van der Waals surface area contributed by atoms with Crippen molar-refractivity contribution in [3.63, 3.8) is 0 Å². The molecule has 0 bridgehead atoms. The molecular weight excluding hydrogens is 259 g/mol. The Labute approximate surface area is 110 Å². The van der Waals surface area contributed by atoms with Crippen LogP contribution in [0.15, 0.2) is 24.3 Å². The van der Waals surface area contributed by atoms with Gasteiger partial charge >= 0.3 is 6.18 Å². The molecule has 0 radical (unpaired) electrons. The Bertz CT molecular complexity index is 409. The highest BCUT2D eigenvalue weighted by Gasteiger charge is 2.35. The topological polar surface area (TPSA) is 41.5 Å². The molecule has 1 aromatic carbocycles. The summed E-state index contributed by atoms with van der Waals surface area (Å²) in [6.07, 6.45) is -4.34. The molecule has 1 atom stereocenters. The number of ether oxygens (including phenoxy) is 1. The Hall–Kier alpha value is -1.27. The number of halogens is 3. The molecule has 0 fully saturated rings. The standard InChI is InChI=1S/C13H18F3NO2/c1-3-19-11-7-5-4-6-10(11)12(2,9-18)17-8-13(14,15)16/h4-7,17-18H,3,8-9H2,1-2H3. The van der Waals surface area contributed by atoms with Crippen LogP contribution in [0.3, 0.4) is 0 Å². The molecule has 19 heavy (non-hydrogen) atoms. The first kappa shape index (κ1) is 15.8. The Morgan fingerprint density at radius 1 is 1.26 bits per heavy atom. The van der Waals surface area contributed by atoms with Crippen LogP contribution in [-0.4, -0.2) is 31.0 Å². The molecule has 1 unspecified atom stereocenters. The van der Waals surface area contributed by atoms with Gasteiger partial charge in [0.25, 0.3) is 0 Å². The van der Waals surface area contributed by atoms with Crippen molar-refractivity contribution in [3.8, 4) is 5.75 Å². The summed E-state index contributed by atoms with van der Waals surface area (Å²) in [5.41, 5.74) is -0.704. The van der Waals surface area contributed by atoms with Gasteiger partial charge in [-0.2, -0.15) is 13.2 Å². The fraction of sp³-hybridized carbons (Fsp3) is 0.538. The van der Waals surface area contributed by atoms with Crippen molar-refractivity contribution in [1.29, 1.82) is 0 Å². The monoisotopic (exact) mass is 277 g/mol. The fourth-order valence-corrected chi connectivity index (χ4v) is 1.74. The summed E-state index contributed by atoms with van der Waals surface area (Å²) in [5, 5.41) is 11.8. The molecule has 1 aromatic rings. The number of para-hydroxylation sites is 1.